The number of aromatic nitrogens is 3. The summed E-state index contributed by atoms with van der Waals surface area (Å²) < 4.78 is 1.60. The van der Waals surface area contributed by atoms with Crippen LogP contribution in [0.15, 0.2) is 36.8 Å². The van der Waals surface area contributed by atoms with Gasteiger partial charge in [-0.15, -0.1) is 0 Å². The molecule has 1 aliphatic heterocycles. The van der Waals surface area contributed by atoms with Crippen molar-refractivity contribution in [1.29, 1.82) is 0 Å². The van der Waals surface area contributed by atoms with Gasteiger partial charge in [0.25, 0.3) is 5.91 Å². The van der Waals surface area contributed by atoms with Crippen LogP contribution in [0, 0.1) is 0 Å². The number of nitrogens with zero attached hydrogens (tertiary/aromatic N) is 5. The van der Waals surface area contributed by atoms with E-state index < -0.39 is 5.60 Å². The van der Waals surface area contributed by atoms with Crippen molar-refractivity contribution in [2.75, 3.05) is 31.6 Å². The number of amides is 1. The standard InChI is InChI=1S/C17H23N5O2/c1-20(16(23)14-10-19-21(2)11-14)12-17(24)7-5-9-22(13-17)15-6-3-4-8-18-15/h3-4,6,8,10-11,24H,5,7,9,12-13H2,1-2H3/t17-/m1/s1. The molecule has 0 unspecified atom stereocenters. The molecule has 7 heteroatoms. The average Bonchev–Trinajstić information content (AvgIpc) is 3.01. The summed E-state index contributed by atoms with van der Waals surface area (Å²) >= 11 is 0. The van der Waals surface area contributed by atoms with E-state index in [4.69, 9.17) is 0 Å². The number of β-amino-alcohol motifs (C(OH)–C–C–N with tert-alkyl or cyclic N) is 1. The second-order valence-electron chi connectivity index (χ2n) is 6.50. The largest absolute Gasteiger partial charge is 0.386 e. The summed E-state index contributed by atoms with van der Waals surface area (Å²) in [5, 5.41) is 15.0. The summed E-state index contributed by atoms with van der Waals surface area (Å²) in [6, 6.07) is 5.75. The maximum atomic E-state index is 12.5. The highest BCUT2D eigenvalue weighted by atomic mass is 16.3. The van der Waals surface area contributed by atoms with E-state index >= 15 is 0 Å². The summed E-state index contributed by atoms with van der Waals surface area (Å²) in [6.07, 6.45) is 6.51. The van der Waals surface area contributed by atoms with E-state index in [1.54, 1.807) is 42.3 Å². The third-order valence-electron chi connectivity index (χ3n) is 4.36. The predicted molar refractivity (Wildman–Crippen MR) is 90.8 cm³/mol. The molecule has 3 rings (SSSR count). The number of carbonyl (C=O) groups excluding carboxylic acids is 1. The fourth-order valence-electron chi connectivity index (χ4n) is 3.24. The summed E-state index contributed by atoms with van der Waals surface area (Å²) in [4.78, 5) is 20.5. The second-order valence-corrected chi connectivity index (χ2v) is 6.50. The van der Waals surface area contributed by atoms with Crippen LogP contribution in [-0.4, -0.2) is 63.0 Å². The van der Waals surface area contributed by atoms with Gasteiger partial charge in [-0.2, -0.15) is 5.10 Å². The molecule has 128 valence electrons. The monoisotopic (exact) mass is 329 g/mol. The van der Waals surface area contributed by atoms with Crippen molar-refractivity contribution >= 4 is 11.7 Å². The zero-order valence-corrected chi connectivity index (χ0v) is 14.1. The topological polar surface area (TPSA) is 74.5 Å². The van der Waals surface area contributed by atoms with Gasteiger partial charge in [-0.25, -0.2) is 4.98 Å². The highest BCUT2D eigenvalue weighted by Crippen LogP contribution is 2.25. The molecular weight excluding hydrogens is 306 g/mol. The van der Waals surface area contributed by atoms with E-state index in [0.717, 1.165) is 18.8 Å². The van der Waals surface area contributed by atoms with Gasteiger partial charge in [0.2, 0.25) is 0 Å². The number of hydrogen-bond acceptors (Lipinski definition) is 5. The third-order valence-corrected chi connectivity index (χ3v) is 4.36. The molecule has 0 bridgehead atoms. The number of likely N-dealkylation sites (N-methyl/N-ethyl adjacent to an activating group) is 1. The van der Waals surface area contributed by atoms with Gasteiger partial charge in [-0.1, -0.05) is 6.07 Å². The maximum absolute atomic E-state index is 12.5. The summed E-state index contributed by atoms with van der Waals surface area (Å²) in [5.41, 5.74) is -0.413. The first-order chi connectivity index (χ1) is 11.5. The molecule has 0 aliphatic carbocycles. The number of hydrogen-bond donors (Lipinski definition) is 1. The summed E-state index contributed by atoms with van der Waals surface area (Å²) in [7, 11) is 3.49. The lowest BCUT2D eigenvalue weighted by atomic mass is 9.92. The van der Waals surface area contributed by atoms with E-state index in [1.807, 2.05) is 18.2 Å². The molecule has 1 N–H and O–H groups in total. The van der Waals surface area contributed by atoms with Crippen LogP contribution in [-0.2, 0) is 7.05 Å². The fourth-order valence-corrected chi connectivity index (χ4v) is 3.24. The molecule has 24 heavy (non-hydrogen) atoms. The molecule has 2 aromatic rings. The van der Waals surface area contributed by atoms with Crippen molar-refractivity contribution in [3.63, 3.8) is 0 Å². The summed E-state index contributed by atoms with van der Waals surface area (Å²) in [6.45, 7) is 1.61. The zero-order chi connectivity index (χ0) is 17.2. The molecule has 0 spiro atoms. The Balaban J connectivity index is 1.67. The van der Waals surface area contributed by atoms with E-state index in [2.05, 4.69) is 15.0 Å². The molecule has 1 atom stereocenters. The lowest BCUT2D eigenvalue weighted by molar-refractivity contribution is -0.000134. The molecule has 1 saturated heterocycles. The summed E-state index contributed by atoms with van der Waals surface area (Å²) in [5.74, 6) is 0.725. The van der Waals surface area contributed by atoms with Crippen LogP contribution >= 0.6 is 0 Å². The minimum Gasteiger partial charge on any atom is -0.386 e. The van der Waals surface area contributed by atoms with Crippen molar-refractivity contribution in [3.8, 4) is 0 Å². The average molecular weight is 329 g/mol. The molecule has 1 aliphatic rings. The van der Waals surface area contributed by atoms with Gasteiger partial charge in [0.1, 0.15) is 5.82 Å². The molecule has 0 saturated carbocycles. The normalized spacial score (nSPS) is 20.9. The zero-order valence-electron chi connectivity index (χ0n) is 14.1. The first-order valence-corrected chi connectivity index (χ1v) is 8.09. The highest BCUT2D eigenvalue weighted by molar-refractivity contribution is 5.93. The molecule has 1 amide bonds. The Kier molecular flexibility index (Phi) is 4.53. The lowest BCUT2D eigenvalue weighted by Crippen LogP contribution is -2.54. The number of anilines is 1. The van der Waals surface area contributed by atoms with Crippen molar-refractivity contribution < 1.29 is 9.90 Å². The Morgan fingerprint density at radius 2 is 2.29 bits per heavy atom. The smallest absolute Gasteiger partial charge is 0.256 e. The third kappa shape index (κ3) is 3.56. The highest BCUT2D eigenvalue weighted by Gasteiger charge is 2.36. The van der Waals surface area contributed by atoms with Crippen molar-refractivity contribution in [2.24, 2.45) is 7.05 Å². The van der Waals surface area contributed by atoms with Crippen molar-refractivity contribution in [2.45, 2.75) is 18.4 Å². The number of carbonyl (C=O) groups is 1. The minimum atomic E-state index is -0.942. The molecule has 2 aromatic heterocycles. The Bertz CT molecular complexity index is 702. The van der Waals surface area contributed by atoms with E-state index in [0.29, 0.717) is 18.5 Å². The Hall–Kier alpha value is -2.41. The number of aliphatic hydroxyl groups is 1. The first kappa shape index (κ1) is 16.4. The van der Waals surface area contributed by atoms with E-state index in [-0.39, 0.29) is 12.5 Å². The fraction of sp³-hybridized carbons (Fsp3) is 0.471. The lowest BCUT2D eigenvalue weighted by Gasteiger charge is -2.41. The SMILES string of the molecule is CN(C[C@]1(O)CCCN(c2ccccn2)C1)C(=O)c1cnn(C)c1. The van der Waals surface area contributed by atoms with Crippen LogP contribution in [0.4, 0.5) is 5.82 Å². The second kappa shape index (κ2) is 6.60. The van der Waals surface area contributed by atoms with Gasteiger partial charge in [0, 0.05) is 39.6 Å². The Morgan fingerprint density at radius 3 is 2.96 bits per heavy atom. The first-order valence-electron chi connectivity index (χ1n) is 8.09. The molecular formula is C17H23N5O2. The molecule has 3 heterocycles. The van der Waals surface area contributed by atoms with Crippen molar-refractivity contribution in [1.82, 2.24) is 19.7 Å². The molecule has 0 radical (unpaired) electrons. The maximum Gasteiger partial charge on any atom is 0.256 e. The Morgan fingerprint density at radius 1 is 1.46 bits per heavy atom. The van der Waals surface area contributed by atoms with Crippen molar-refractivity contribution in [3.05, 3.63) is 42.4 Å². The van der Waals surface area contributed by atoms with Crippen LogP contribution in [0.25, 0.3) is 0 Å². The number of piperidine rings is 1. The van der Waals surface area contributed by atoms with Gasteiger partial charge in [-0.05, 0) is 25.0 Å². The van der Waals surface area contributed by atoms with E-state index in [9.17, 15) is 9.90 Å². The van der Waals surface area contributed by atoms with E-state index in [1.165, 1.54) is 0 Å². The van der Waals surface area contributed by atoms with Gasteiger partial charge in [-0.3, -0.25) is 9.48 Å². The molecule has 7 nitrogen and oxygen atoms in total. The van der Waals surface area contributed by atoms with Crippen LogP contribution in [0.2, 0.25) is 0 Å². The quantitative estimate of drug-likeness (QED) is 0.903. The van der Waals surface area contributed by atoms with Crippen LogP contribution in [0.1, 0.15) is 23.2 Å². The predicted octanol–water partition coefficient (Wildman–Crippen LogP) is 0.919. The molecule has 1 fully saturated rings. The molecule has 0 aromatic carbocycles. The van der Waals surface area contributed by atoms with Crippen LogP contribution in [0.3, 0.4) is 0 Å². The minimum absolute atomic E-state index is 0.133. The van der Waals surface area contributed by atoms with Gasteiger partial charge >= 0.3 is 0 Å². The van der Waals surface area contributed by atoms with Crippen LogP contribution < -0.4 is 4.90 Å². The van der Waals surface area contributed by atoms with Crippen LogP contribution in [0.5, 0.6) is 0 Å². The Labute approximate surface area is 141 Å². The number of pyridine rings is 1. The van der Waals surface area contributed by atoms with Gasteiger partial charge < -0.3 is 14.9 Å². The number of aryl methyl sites for hydroxylation is 1. The number of rotatable bonds is 4. The van der Waals surface area contributed by atoms with Gasteiger partial charge in [0.05, 0.1) is 23.9 Å². The van der Waals surface area contributed by atoms with Gasteiger partial charge in [0.15, 0.2) is 0 Å².